The zero-order valence-electron chi connectivity index (χ0n) is 9.48. The van der Waals surface area contributed by atoms with Gasteiger partial charge in [0.05, 0.1) is 11.3 Å². The van der Waals surface area contributed by atoms with Crippen LogP contribution < -0.4 is 4.74 Å². The van der Waals surface area contributed by atoms with Gasteiger partial charge in [-0.25, -0.2) is 9.48 Å². The molecule has 0 fully saturated rings. The largest absolute Gasteiger partial charge is 0.402 e. The van der Waals surface area contributed by atoms with Crippen LogP contribution >= 0.6 is 11.6 Å². The SMILES string of the molecule is Cc1nn(C)c(OC(=O)c2ccccc2)c1Cl. The van der Waals surface area contributed by atoms with Crippen molar-refractivity contribution in [2.75, 3.05) is 0 Å². The van der Waals surface area contributed by atoms with Gasteiger partial charge in [-0.15, -0.1) is 0 Å². The lowest BCUT2D eigenvalue weighted by Gasteiger charge is -2.04. The summed E-state index contributed by atoms with van der Waals surface area (Å²) in [7, 11) is 1.67. The Labute approximate surface area is 104 Å². The number of esters is 1. The molecule has 1 aromatic carbocycles. The minimum atomic E-state index is -0.449. The van der Waals surface area contributed by atoms with Gasteiger partial charge in [-0.1, -0.05) is 29.8 Å². The second-order valence-corrected chi connectivity index (χ2v) is 3.96. The Morgan fingerprint density at radius 2 is 2.00 bits per heavy atom. The number of carbonyl (C=O) groups is 1. The first-order valence-electron chi connectivity index (χ1n) is 5.06. The number of hydrogen-bond donors (Lipinski definition) is 0. The number of aryl methyl sites for hydroxylation is 2. The van der Waals surface area contributed by atoms with Crippen LogP contribution in [0.1, 0.15) is 16.1 Å². The molecule has 1 heterocycles. The third-order valence-corrected chi connectivity index (χ3v) is 2.73. The van der Waals surface area contributed by atoms with E-state index in [2.05, 4.69) is 5.10 Å². The van der Waals surface area contributed by atoms with Gasteiger partial charge in [0.2, 0.25) is 5.88 Å². The van der Waals surface area contributed by atoms with Gasteiger partial charge in [0, 0.05) is 7.05 Å². The van der Waals surface area contributed by atoms with Crippen LogP contribution in [-0.2, 0) is 7.05 Å². The average Bonchev–Trinajstić information content (AvgIpc) is 2.57. The predicted octanol–water partition coefficient (Wildman–Crippen LogP) is 2.60. The van der Waals surface area contributed by atoms with Gasteiger partial charge in [-0.2, -0.15) is 5.10 Å². The summed E-state index contributed by atoms with van der Waals surface area (Å²) in [6.07, 6.45) is 0. The number of ether oxygens (including phenoxy) is 1. The maximum Gasteiger partial charge on any atom is 0.344 e. The number of nitrogens with zero attached hydrogens (tertiary/aromatic N) is 2. The summed E-state index contributed by atoms with van der Waals surface area (Å²) in [5, 5.41) is 4.42. The van der Waals surface area contributed by atoms with Crippen molar-refractivity contribution in [3.63, 3.8) is 0 Å². The van der Waals surface area contributed by atoms with Gasteiger partial charge in [0.15, 0.2) is 0 Å². The molecular formula is C12H11ClN2O2. The van der Waals surface area contributed by atoms with Crippen LogP contribution in [0.3, 0.4) is 0 Å². The molecule has 0 N–H and O–H groups in total. The van der Waals surface area contributed by atoms with E-state index in [9.17, 15) is 4.79 Å². The van der Waals surface area contributed by atoms with E-state index in [-0.39, 0.29) is 5.88 Å². The molecule has 5 heteroatoms. The van der Waals surface area contributed by atoms with Crippen LogP contribution in [0.15, 0.2) is 30.3 Å². The zero-order valence-corrected chi connectivity index (χ0v) is 10.2. The van der Waals surface area contributed by atoms with E-state index in [1.165, 1.54) is 4.68 Å². The van der Waals surface area contributed by atoms with Crippen molar-refractivity contribution in [3.05, 3.63) is 46.6 Å². The topological polar surface area (TPSA) is 44.1 Å². The molecule has 0 amide bonds. The van der Waals surface area contributed by atoms with Crippen LogP contribution in [0, 0.1) is 6.92 Å². The predicted molar refractivity (Wildman–Crippen MR) is 64.4 cm³/mol. The first kappa shape index (κ1) is 11.7. The molecule has 0 spiro atoms. The molecule has 0 unspecified atom stereocenters. The lowest BCUT2D eigenvalue weighted by atomic mass is 10.2. The maximum atomic E-state index is 11.8. The van der Waals surface area contributed by atoms with E-state index in [0.717, 1.165) is 0 Å². The van der Waals surface area contributed by atoms with E-state index in [1.54, 1.807) is 38.2 Å². The lowest BCUT2D eigenvalue weighted by molar-refractivity contribution is 0.0720. The molecule has 0 atom stereocenters. The molecule has 2 rings (SSSR count). The van der Waals surface area contributed by atoms with E-state index < -0.39 is 5.97 Å². The smallest absolute Gasteiger partial charge is 0.344 e. The summed E-state index contributed by atoms with van der Waals surface area (Å²) in [5.41, 5.74) is 1.10. The van der Waals surface area contributed by atoms with Gasteiger partial charge < -0.3 is 4.74 Å². The fourth-order valence-electron chi connectivity index (χ4n) is 1.44. The molecule has 0 bridgehead atoms. The summed E-state index contributed by atoms with van der Waals surface area (Å²) in [4.78, 5) is 11.8. The van der Waals surface area contributed by atoms with Crippen molar-refractivity contribution in [3.8, 4) is 5.88 Å². The van der Waals surface area contributed by atoms with Gasteiger partial charge in [0.25, 0.3) is 0 Å². The Morgan fingerprint density at radius 3 is 2.53 bits per heavy atom. The van der Waals surface area contributed by atoms with Crippen molar-refractivity contribution in [1.29, 1.82) is 0 Å². The molecule has 0 radical (unpaired) electrons. The van der Waals surface area contributed by atoms with Crippen molar-refractivity contribution < 1.29 is 9.53 Å². The van der Waals surface area contributed by atoms with E-state index >= 15 is 0 Å². The van der Waals surface area contributed by atoms with Crippen LogP contribution in [0.5, 0.6) is 5.88 Å². The lowest BCUT2D eigenvalue weighted by Crippen LogP contribution is -2.11. The Bertz CT molecular complexity index is 549. The molecule has 0 aliphatic heterocycles. The minimum absolute atomic E-state index is 0.262. The molecule has 0 saturated heterocycles. The quantitative estimate of drug-likeness (QED) is 0.770. The Morgan fingerprint density at radius 1 is 1.35 bits per heavy atom. The van der Waals surface area contributed by atoms with Crippen LogP contribution in [0.4, 0.5) is 0 Å². The maximum absolute atomic E-state index is 11.8. The number of halogens is 1. The van der Waals surface area contributed by atoms with Gasteiger partial charge >= 0.3 is 5.97 Å². The molecule has 1 aromatic heterocycles. The second kappa shape index (κ2) is 4.59. The summed E-state index contributed by atoms with van der Waals surface area (Å²) in [6.45, 7) is 1.75. The van der Waals surface area contributed by atoms with Crippen molar-refractivity contribution >= 4 is 17.6 Å². The number of rotatable bonds is 2. The monoisotopic (exact) mass is 250 g/mol. The number of carbonyl (C=O) groups excluding carboxylic acids is 1. The second-order valence-electron chi connectivity index (χ2n) is 3.58. The van der Waals surface area contributed by atoms with Crippen molar-refractivity contribution in [1.82, 2.24) is 9.78 Å². The molecule has 17 heavy (non-hydrogen) atoms. The third-order valence-electron chi connectivity index (χ3n) is 2.30. The highest BCUT2D eigenvalue weighted by molar-refractivity contribution is 6.32. The van der Waals surface area contributed by atoms with Crippen LogP contribution in [0.25, 0.3) is 0 Å². The summed E-state index contributed by atoms with van der Waals surface area (Å²) in [6, 6.07) is 8.73. The minimum Gasteiger partial charge on any atom is -0.402 e. The normalized spacial score (nSPS) is 10.3. The number of aromatic nitrogens is 2. The fraction of sp³-hybridized carbons (Fsp3) is 0.167. The van der Waals surface area contributed by atoms with Gasteiger partial charge in [-0.05, 0) is 19.1 Å². The zero-order chi connectivity index (χ0) is 12.4. The molecular weight excluding hydrogens is 240 g/mol. The van der Waals surface area contributed by atoms with E-state index in [1.807, 2.05) is 6.07 Å². The highest BCUT2D eigenvalue weighted by Gasteiger charge is 2.17. The number of benzene rings is 1. The average molecular weight is 251 g/mol. The molecule has 0 saturated carbocycles. The highest BCUT2D eigenvalue weighted by atomic mass is 35.5. The standard InChI is InChI=1S/C12H11ClN2O2/c1-8-10(13)11(15(2)14-8)17-12(16)9-6-4-3-5-7-9/h3-7H,1-2H3. The Kier molecular flexibility index (Phi) is 3.15. The van der Waals surface area contributed by atoms with Gasteiger partial charge in [-0.3, -0.25) is 0 Å². The summed E-state index contributed by atoms with van der Waals surface area (Å²) < 4.78 is 6.66. The Balaban J connectivity index is 2.25. The first-order chi connectivity index (χ1) is 8.09. The fourth-order valence-corrected chi connectivity index (χ4v) is 1.64. The molecule has 88 valence electrons. The molecule has 0 aliphatic rings. The van der Waals surface area contributed by atoms with Crippen molar-refractivity contribution in [2.24, 2.45) is 7.05 Å². The number of hydrogen-bond acceptors (Lipinski definition) is 3. The Hall–Kier alpha value is -1.81. The van der Waals surface area contributed by atoms with Crippen LogP contribution in [0.2, 0.25) is 5.02 Å². The highest BCUT2D eigenvalue weighted by Crippen LogP contribution is 2.27. The molecule has 2 aromatic rings. The van der Waals surface area contributed by atoms with Crippen LogP contribution in [-0.4, -0.2) is 15.7 Å². The summed E-state index contributed by atoms with van der Waals surface area (Å²) in [5.74, 6) is -0.187. The van der Waals surface area contributed by atoms with E-state index in [0.29, 0.717) is 16.3 Å². The summed E-state index contributed by atoms with van der Waals surface area (Å²) >= 11 is 5.99. The van der Waals surface area contributed by atoms with E-state index in [4.69, 9.17) is 16.3 Å². The molecule has 4 nitrogen and oxygen atoms in total. The van der Waals surface area contributed by atoms with Gasteiger partial charge in [0.1, 0.15) is 5.02 Å². The first-order valence-corrected chi connectivity index (χ1v) is 5.43. The third kappa shape index (κ3) is 2.31. The van der Waals surface area contributed by atoms with Crippen molar-refractivity contribution in [2.45, 2.75) is 6.92 Å². The molecule has 0 aliphatic carbocycles.